The van der Waals surface area contributed by atoms with Gasteiger partial charge in [-0.15, -0.1) is 0 Å². The first kappa shape index (κ1) is 20.0. The van der Waals surface area contributed by atoms with Crippen LogP contribution in [-0.4, -0.2) is 34.6 Å². The number of hydrogen-bond donors (Lipinski definition) is 2. The summed E-state index contributed by atoms with van der Waals surface area (Å²) in [5, 5.41) is 0. The fourth-order valence-corrected chi connectivity index (χ4v) is 3.02. The molecular weight excluding hydrogens is 358 g/mol. The fraction of sp³-hybridized carbons (Fsp3) is 0.381. The van der Waals surface area contributed by atoms with Crippen molar-refractivity contribution in [2.45, 2.75) is 45.8 Å². The number of H-pyrrole nitrogens is 1. The Morgan fingerprint density at radius 3 is 2.75 bits per heavy atom. The van der Waals surface area contributed by atoms with Crippen LogP contribution >= 0.6 is 0 Å². The monoisotopic (exact) mass is 383 g/mol. The van der Waals surface area contributed by atoms with E-state index >= 15 is 0 Å². The van der Waals surface area contributed by atoms with E-state index in [2.05, 4.69) is 15.4 Å². The van der Waals surface area contributed by atoms with E-state index in [9.17, 15) is 9.59 Å². The van der Waals surface area contributed by atoms with E-state index < -0.39 is 0 Å². The summed E-state index contributed by atoms with van der Waals surface area (Å²) in [6.45, 7) is 4.02. The van der Waals surface area contributed by atoms with Crippen LogP contribution in [0.2, 0.25) is 0 Å². The maximum Gasteiger partial charge on any atom is 0.267 e. The Hall–Kier alpha value is -2.77. The van der Waals surface area contributed by atoms with Crippen molar-refractivity contribution in [1.29, 1.82) is 0 Å². The number of imidazole rings is 1. The second-order valence-corrected chi connectivity index (χ2v) is 6.85. The van der Waals surface area contributed by atoms with Gasteiger partial charge in [-0.2, -0.15) is 0 Å². The van der Waals surface area contributed by atoms with Crippen molar-refractivity contribution in [1.82, 2.24) is 15.4 Å². The molecule has 0 aliphatic carbocycles. The van der Waals surface area contributed by atoms with Gasteiger partial charge in [0, 0.05) is 38.1 Å². The number of benzene rings is 1. The Bertz CT molecular complexity index is 849. The molecule has 7 heteroatoms. The van der Waals surface area contributed by atoms with E-state index in [1.165, 1.54) is 13.0 Å². The molecule has 1 aliphatic heterocycles. The average Bonchev–Trinajstić information content (AvgIpc) is 3.07. The fourth-order valence-electron chi connectivity index (χ4n) is 3.02. The lowest BCUT2D eigenvalue weighted by molar-refractivity contribution is -0.198. The van der Waals surface area contributed by atoms with E-state index in [1.54, 1.807) is 6.08 Å². The molecule has 28 heavy (non-hydrogen) atoms. The van der Waals surface area contributed by atoms with E-state index in [4.69, 9.17) is 9.57 Å². The van der Waals surface area contributed by atoms with Crippen molar-refractivity contribution in [3.63, 3.8) is 0 Å². The predicted molar refractivity (Wildman–Crippen MR) is 104 cm³/mol. The topological polar surface area (TPSA) is 93.3 Å². The highest BCUT2D eigenvalue weighted by Crippen LogP contribution is 2.14. The van der Waals surface area contributed by atoms with E-state index in [0.717, 1.165) is 41.9 Å². The molecule has 2 heterocycles. The average molecular weight is 383 g/mol. The first-order valence-corrected chi connectivity index (χ1v) is 9.42. The summed E-state index contributed by atoms with van der Waals surface area (Å²) in [4.78, 5) is 36.1. The van der Waals surface area contributed by atoms with Gasteiger partial charge in [-0.3, -0.25) is 9.59 Å². The molecule has 1 amide bonds. The van der Waals surface area contributed by atoms with Crippen molar-refractivity contribution in [2.24, 2.45) is 0 Å². The summed E-state index contributed by atoms with van der Waals surface area (Å²) in [6, 6.07) is 7.78. The molecule has 1 atom stereocenters. The Labute approximate surface area is 164 Å². The highest BCUT2D eigenvalue weighted by molar-refractivity contribution is 5.93. The van der Waals surface area contributed by atoms with E-state index in [1.807, 2.05) is 31.2 Å². The lowest BCUT2D eigenvalue weighted by atomic mass is 10.1. The van der Waals surface area contributed by atoms with Crippen molar-refractivity contribution in [3.05, 3.63) is 58.7 Å². The largest absolute Gasteiger partial charge is 0.350 e. The maximum absolute atomic E-state index is 11.8. The number of carbonyl (C=O) groups is 2. The van der Waals surface area contributed by atoms with Gasteiger partial charge in [-0.1, -0.05) is 24.3 Å². The molecule has 0 saturated carbocycles. The third kappa shape index (κ3) is 5.61. The third-order valence-corrected chi connectivity index (χ3v) is 4.47. The van der Waals surface area contributed by atoms with Gasteiger partial charge < -0.3 is 9.72 Å². The second-order valence-electron chi connectivity index (χ2n) is 6.85. The molecule has 2 N–H and O–H groups in total. The predicted octanol–water partition coefficient (Wildman–Crippen LogP) is 3.10. The molecule has 1 aromatic heterocycles. The highest BCUT2D eigenvalue weighted by atomic mass is 16.8. The number of aromatic nitrogens is 2. The molecule has 3 rings (SSSR count). The van der Waals surface area contributed by atoms with Crippen LogP contribution in [0.1, 0.15) is 59.3 Å². The van der Waals surface area contributed by atoms with Gasteiger partial charge in [-0.05, 0) is 37.0 Å². The Morgan fingerprint density at radius 1 is 1.32 bits per heavy atom. The van der Waals surface area contributed by atoms with Gasteiger partial charge >= 0.3 is 0 Å². The van der Waals surface area contributed by atoms with Gasteiger partial charge in [0.2, 0.25) is 0 Å². The molecule has 0 spiro atoms. The lowest BCUT2D eigenvalue weighted by Gasteiger charge is -2.21. The number of hydroxylamine groups is 1. The van der Waals surface area contributed by atoms with Crippen LogP contribution in [0.25, 0.3) is 6.08 Å². The standard InChI is InChI=1S/C21H25N3O4/c1-14-21(15(2)25)23-18(22-14)13-17-8-6-16(7-9-17)10-11-19(26)24-28-20-5-3-4-12-27-20/h6-11,20H,3-5,12-13H2,1-2H3,(H,22,23)(H,24,26). The molecule has 1 aromatic carbocycles. The molecule has 1 aliphatic rings. The Balaban J connectivity index is 1.50. The van der Waals surface area contributed by atoms with Gasteiger partial charge in [0.05, 0.1) is 0 Å². The number of rotatable bonds is 7. The van der Waals surface area contributed by atoms with Crippen LogP contribution in [0, 0.1) is 6.92 Å². The van der Waals surface area contributed by atoms with Crippen LogP contribution in [-0.2, 0) is 20.8 Å². The normalized spacial score (nSPS) is 17.0. The minimum atomic E-state index is -0.362. The number of amides is 1. The molecule has 1 saturated heterocycles. The number of nitrogens with zero attached hydrogens (tertiary/aromatic N) is 1. The van der Waals surface area contributed by atoms with Crippen molar-refractivity contribution >= 4 is 17.8 Å². The zero-order valence-corrected chi connectivity index (χ0v) is 16.2. The number of ether oxygens (including phenoxy) is 1. The van der Waals surface area contributed by atoms with Gasteiger partial charge in [0.15, 0.2) is 12.1 Å². The summed E-state index contributed by atoms with van der Waals surface area (Å²) in [6.07, 6.45) is 6.24. The van der Waals surface area contributed by atoms with Crippen LogP contribution in [0.15, 0.2) is 30.3 Å². The molecule has 0 radical (unpaired) electrons. The smallest absolute Gasteiger partial charge is 0.267 e. The first-order valence-electron chi connectivity index (χ1n) is 9.42. The van der Waals surface area contributed by atoms with Gasteiger partial charge in [0.25, 0.3) is 5.91 Å². The second kappa shape index (κ2) is 9.43. The number of Topliss-reactive ketones (excluding diaryl/α,β-unsaturated/α-hetero) is 1. The summed E-state index contributed by atoms with van der Waals surface area (Å²) < 4.78 is 5.39. The highest BCUT2D eigenvalue weighted by Gasteiger charge is 2.15. The number of aryl methyl sites for hydroxylation is 1. The Kier molecular flexibility index (Phi) is 6.73. The van der Waals surface area contributed by atoms with E-state index in [-0.39, 0.29) is 18.0 Å². The first-order chi connectivity index (χ1) is 13.5. The molecule has 1 unspecified atom stereocenters. The van der Waals surface area contributed by atoms with E-state index in [0.29, 0.717) is 18.7 Å². The molecule has 0 bridgehead atoms. The van der Waals surface area contributed by atoms with Crippen molar-refractivity contribution in [3.8, 4) is 0 Å². The minimum absolute atomic E-state index is 0.0437. The SMILES string of the molecule is CC(=O)c1nc(Cc2ccc(C=CC(=O)NOC3CCCCO3)cc2)[nH]c1C. The minimum Gasteiger partial charge on any atom is -0.350 e. The van der Waals surface area contributed by atoms with Crippen LogP contribution in [0.4, 0.5) is 0 Å². The number of hydrogen-bond acceptors (Lipinski definition) is 5. The van der Waals surface area contributed by atoms with Crippen LogP contribution in [0.5, 0.6) is 0 Å². The number of aromatic amines is 1. The third-order valence-electron chi connectivity index (χ3n) is 4.47. The number of carbonyl (C=O) groups excluding carboxylic acids is 2. The summed E-state index contributed by atoms with van der Waals surface area (Å²) in [5.74, 6) is 0.381. The molecule has 1 fully saturated rings. The van der Waals surface area contributed by atoms with Crippen LogP contribution < -0.4 is 5.48 Å². The Morgan fingerprint density at radius 2 is 2.11 bits per heavy atom. The van der Waals surface area contributed by atoms with Gasteiger partial charge in [0.1, 0.15) is 11.5 Å². The zero-order chi connectivity index (χ0) is 19.9. The van der Waals surface area contributed by atoms with Crippen molar-refractivity contribution < 1.29 is 19.2 Å². The lowest BCUT2D eigenvalue weighted by Crippen LogP contribution is -2.32. The molecule has 148 valence electrons. The van der Waals surface area contributed by atoms with Gasteiger partial charge in [-0.25, -0.2) is 15.3 Å². The summed E-state index contributed by atoms with van der Waals surface area (Å²) in [7, 11) is 0. The number of nitrogens with one attached hydrogen (secondary N) is 2. The molecule has 2 aromatic rings. The summed E-state index contributed by atoms with van der Waals surface area (Å²) >= 11 is 0. The van der Waals surface area contributed by atoms with Crippen molar-refractivity contribution in [2.75, 3.05) is 6.61 Å². The molecular formula is C21H25N3O4. The quantitative estimate of drug-likeness (QED) is 0.435. The zero-order valence-electron chi connectivity index (χ0n) is 16.2. The molecule has 7 nitrogen and oxygen atoms in total. The maximum atomic E-state index is 11.8. The summed E-state index contributed by atoms with van der Waals surface area (Å²) in [5.41, 5.74) is 5.62. The van der Waals surface area contributed by atoms with Crippen LogP contribution in [0.3, 0.4) is 0 Å². The number of ketones is 1.